The molecule has 0 atom stereocenters. The van der Waals surface area contributed by atoms with Gasteiger partial charge >= 0.3 is 0 Å². The highest BCUT2D eigenvalue weighted by Crippen LogP contribution is 2.46. The number of nitrogens with zero attached hydrogens (tertiary/aromatic N) is 1. The third-order valence-corrected chi connectivity index (χ3v) is 4.16. The summed E-state index contributed by atoms with van der Waals surface area (Å²) in [6.07, 6.45) is 8.68. The van der Waals surface area contributed by atoms with Crippen LogP contribution in [0.5, 0.6) is 0 Å². The number of rotatable bonds is 5. The highest BCUT2D eigenvalue weighted by atomic mass is 32.2. The van der Waals surface area contributed by atoms with Crippen molar-refractivity contribution in [3.63, 3.8) is 0 Å². The molecule has 0 spiro atoms. The second kappa shape index (κ2) is 4.32. The third-order valence-electron chi connectivity index (χ3n) is 2.74. The molecule has 2 rings (SSSR count). The first kappa shape index (κ1) is 9.99. The van der Waals surface area contributed by atoms with Gasteiger partial charge in [-0.1, -0.05) is 6.07 Å². The molecule has 1 saturated carbocycles. The molecule has 2 nitrogen and oxygen atoms in total. The topological polar surface area (TPSA) is 24.9 Å². The molecule has 1 aliphatic rings. The zero-order valence-corrected chi connectivity index (χ0v) is 9.31. The lowest BCUT2D eigenvalue weighted by atomic mass is 10.3. The molecule has 0 bridgehead atoms. The van der Waals surface area contributed by atoms with Crippen LogP contribution in [0.2, 0.25) is 0 Å². The first-order chi connectivity index (χ1) is 6.85. The molecule has 1 heterocycles. The van der Waals surface area contributed by atoms with E-state index in [0.29, 0.717) is 4.75 Å². The van der Waals surface area contributed by atoms with Crippen molar-refractivity contribution in [3.8, 4) is 0 Å². The van der Waals surface area contributed by atoms with E-state index in [9.17, 15) is 0 Å². The van der Waals surface area contributed by atoms with Crippen LogP contribution in [-0.2, 0) is 6.54 Å². The lowest BCUT2D eigenvalue weighted by Crippen LogP contribution is -2.25. The van der Waals surface area contributed by atoms with Crippen LogP contribution in [0.1, 0.15) is 18.4 Å². The molecule has 76 valence electrons. The number of thioether (sulfide) groups is 1. The molecule has 3 heteroatoms. The van der Waals surface area contributed by atoms with Crippen molar-refractivity contribution in [2.75, 3.05) is 12.8 Å². The number of hydrogen-bond acceptors (Lipinski definition) is 3. The maximum atomic E-state index is 4.09. The SMILES string of the molecule is CSC1(CNCc2cccnc2)CC1. The predicted molar refractivity (Wildman–Crippen MR) is 61.4 cm³/mol. The van der Waals surface area contributed by atoms with E-state index in [4.69, 9.17) is 0 Å². The smallest absolute Gasteiger partial charge is 0.0312 e. The van der Waals surface area contributed by atoms with E-state index in [2.05, 4.69) is 22.6 Å². The molecule has 0 amide bonds. The van der Waals surface area contributed by atoms with Crippen LogP contribution in [0.25, 0.3) is 0 Å². The molecule has 1 aromatic rings. The molecule has 0 unspecified atom stereocenters. The Morgan fingerprint density at radius 2 is 2.43 bits per heavy atom. The standard InChI is InChI=1S/C11H16N2S/c1-14-11(4-5-11)9-13-8-10-3-2-6-12-7-10/h2-3,6-7,13H,4-5,8-9H2,1H3. The van der Waals surface area contributed by atoms with Crippen LogP contribution in [-0.4, -0.2) is 22.5 Å². The molecule has 14 heavy (non-hydrogen) atoms. The van der Waals surface area contributed by atoms with Crippen LogP contribution >= 0.6 is 11.8 Å². The third kappa shape index (κ3) is 2.49. The highest BCUT2D eigenvalue weighted by Gasteiger charge is 2.41. The van der Waals surface area contributed by atoms with Crippen molar-refractivity contribution < 1.29 is 0 Å². The summed E-state index contributed by atoms with van der Waals surface area (Å²) < 4.78 is 0.558. The van der Waals surface area contributed by atoms with Gasteiger partial charge in [-0.25, -0.2) is 0 Å². The fourth-order valence-electron chi connectivity index (χ4n) is 1.53. The van der Waals surface area contributed by atoms with E-state index in [1.165, 1.54) is 18.4 Å². The normalized spacial score (nSPS) is 18.1. The summed E-state index contributed by atoms with van der Waals surface area (Å²) in [7, 11) is 0. The van der Waals surface area contributed by atoms with Crippen molar-refractivity contribution in [2.45, 2.75) is 24.1 Å². The lowest BCUT2D eigenvalue weighted by molar-refractivity contribution is 0.662. The summed E-state index contributed by atoms with van der Waals surface area (Å²) in [5, 5.41) is 3.49. The molecule has 0 aromatic carbocycles. The van der Waals surface area contributed by atoms with Gasteiger partial charge in [0.1, 0.15) is 0 Å². The van der Waals surface area contributed by atoms with E-state index in [0.717, 1.165) is 13.1 Å². The van der Waals surface area contributed by atoms with Gasteiger partial charge in [0.15, 0.2) is 0 Å². The Balaban J connectivity index is 1.73. The summed E-state index contributed by atoms with van der Waals surface area (Å²) in [6, 6.07) is 4.09. The van der Waals surface area contributed by atoms with Crippen molar-refractivity contribution in [3.05, 3.63) is 30.1 Å². The first-order valence-electron chi connectivity index (χ1n) is 4.99. The number of nitrogens with one attached hydrogen (secondary N) is 1. The summed E-state index contributed by atoms with van der Waals surface area (Å²) in [5.74, 6) is 0. The van der Waals surface area contributed by atoms with Gasteiger partial charge in [-0.3, -0.25) is 4.98 Å². The molecular formula is C11H16N2S. The van der Waals surface area contributed by atoms with Crippen LogP contribution in [0.15, 0.2) is 24.5 Å². The van der Waals surface area contributed by atoms with Crippen LogP contribution < -0.4 is 5.32 Å². The maximum Gasteiger partial charge on any atom is 0.0312 e. The minimum atomic E-state index is 0.558. The highest BCUT2D eigenvalue weighted by molar-refractivity contribution is 8.00. The summed E-state index contributed by atoms with van der Waals surface area (Å²) in [5.41, 5.74) is 1.27. The molecule has 1 N–H and O–H groups in total. The molecule has 0 aliphatic heterocycles. The van der Waals surface area contributed by atoms with E-state index in [-0.39, 0.29) is 0 Å². The average Bonchev–Trinajstić information content (AvgIpc) is 3.00. The number of hydrogen-bond donors (Lipinski definition) is 1. The van der Waals surface area contributed by atoms with E-state index in [1.807, 2.05) is 30.2 Å². The summed E-state index contributed by atoms with van der Waals surface area (Å²) >= 11 is 2.00. The fourth-order valence-corrected chi connectivity index (χ4v) is 2.29. The van der Waals surface area contributed by atoms with Crippen LogP contribution in [0, 0.1) is 0 Å². The first-order valence-corrected chi connectivity index (χ1v) is 6.22. The van der Waals surface area contributed by atoms with Gasteiger partial charge in [0, 0.05) is 30.2 Å². The van der Waals surface area contributed by atoms with E-state index in [1.54, 1.807) is 0 Å². The monoisotopic (exact) mass is 208 g/mol. The lowest BCUT2D eigenvalue weighted by Gasteiger charge is -2.12. The Morgan fingerprint density at radius 3 is 3.00 bits per heavy atom. The molecule has 1 aliphatic carbocycles. The number of pyridine rings is 1. The van der Waals surface area contributed by atoms with Gasteiger partial charge in [-0.2, -0.15) is 11.8 Å². The van der Waals surface area contributed by atoms with Gasteiger partial charge in [0.05, 0.1) is 0 Å². The Morgan fingerprint density at radius 1 is 1.57 bits per heavy atom. The van der Waals surface area contributed by atoms with Crippen LogP contribution in [0.3, 0.4) is 0 Å². The Labute approximate surface area is 89.5 Å². The minimum Gasteiger partial charge on any atom is -0.311 e. The van der Waals surface area contributed by atoms with Crippen molar-refractivity contribution in [1.29, 1.82) is 0 Å². The largest absolute Gasteiger partial charge is 0.311 e. The average molecular weight is 208 g/mol. The van der Waals surface area contributed by atoms with Gasteiger partial charge in [-0.15, -0.1) is 0 Å². The summed E-state index contributed by atoms with van der Waals surface area (Å²) in [6.45, 7) is 2.07. The molecule has 0 radical (unpaired) electrons. The molecular weight excluding hydrogens is 192 g/mol. The minimum absolute atomic E-state index is 0.558. The summed E-state index contributed by atoms with van der Waals surface area (Å²) in [4.78, 5) is 4.09. The second-order valence-corrected chi connectivity index (χ2v) is 5.13. The molecule has 0 saturated heterocycles. The van der Waals surface area contributed by atoms with Gasteiger partial charge < -0.3 is 5.32 Å². The zero-order valence-electron chi connectivity index (χ0n) is 8.49. The zero-order chi connectivity index (χ0) is 9.86. The predicted octanol–water partition coefficient (Wildman–Crippen LogP) is 2.07. The van der Waals surface area contributed by atoms with E-state index >= 15 is 0 Å². The Kier molecular flexibility index (Phi) is 3.08. The second-order valence-electron chi connectivity index (χ2n) is 3.85. The maximum absolute atomic E-state index is 4.09. The van der Waals surface area contributed by atoms with Crippen molar-refractivity contribution in [2.24, 2.45) is 0 Å². The van der Waals surface area contributed by atoms with Crippen LogP contribution in [0.4, 0.5) is 0 Å². The van der Waals surface area contributed by atoms with Crippen molar-refractivity contribution in [1.82, 2.24) is 10.3 Å². The van der Waals surface area contributed by atoms with E-state index < -0.39 is 0 Å². The number of aromatic nitrogens is 1. The van der Waals surface area contributed by atoms with Gasteiger partial charge in [0.25, 0.3) is 0 Å². The Bertz CT molecular complexity index is 283. The quantitative estimate of drug-likeness (QED) is 0.802. The van der Waals surface area contributed by atoms with Gasteiger partial charge in [0.2, 0.25) is 0 Å². The molecule has 1 fully saturated rings. The fraction of sp³-hybridized carbons (Fsp3) is 0.545. The Hall–Kier alpha value is -0.540. The van der Waals surface area contributed by atoms with Gasteiger partial charge in [-0.05, 0) is 30.7 Å². The molecule has 1 aromatic heterocycles. The van der Waals surface area contributed by atoms with Crippen molar-refractivity contribution >= 4 is 11.8 Å².